The zero-order chi connectivity index (χ0) is 36.0. The molecule has 0 radical (unpaired) electrons. The standard InChI is InChI=1S/C50H28N2O2S/c1-2-10-29(11-3-1)30-18-20-31(21-19-30)35-24-25-39(45-40-26-32-12-4-5-13-33(32)27-43(40)54-48(35)45)50-51-46(49-47(52-50)38-15-7-9-17-44(38)55-49)34-22-23-37-36-14-6-8-16-41(36)53-42(37)28-34/h1-28H. The number of nitrogens with zero attached hydrogens (tertiary/aromatic N) is 2. The maximum atomic E-state index is 6.89. The molecule has 0 aliphatic heterocycles. The van der Waals surface area contributed by atoms with Gasteiger partial charge < -0.3 is 8.83 Å². The average Bonchev–Trinajstić information content (AvgIpc) is 3.93. The highest BCUT2D eigenvalue weighted by molar-refractivity contribution is 7.26. The lowest BCUT2D eigenvalue weighted by Gasteiger charge is -2.11. The lowest BCUT2D eigenvalue weighted by atomic mass is 9.95. The summed E-state index contributed by atoms with van der Waals surface area (Å²) >= 11 is 1.73. The van der Waals surface area contributed by atoms with Crippen LogP contribution >= 0.6 is 11.3 Å². The largest absolute Gasteiger partial charge is 0.456 e. The maximum absolute atomic E-state index is 6.89. The molecule has 0 aliphatic rings. The number of fused-ring (bicyclic) bond motifs is 10. The molecule has 0 unspecified atom stereocenters. The van der Waals surface area contributed by atoms with Crippen LogP contribution in [0, 0.1) is 0 Å². The molecule has 0 bridgehead atoms. The first-order chi connectivity index (χ1) is 27.2. The third-order valence-electron chi connectivity index (χ3n) is 10.9. The fraction of sp³-hybridized carbons (Fsp3) is 0. The van der Waals surface area contributed by atoms with Crippen LogP contribution in [0.1, 0.15) is 0 Å². The Kier molecular flexibility index (Phi) is 6.47. The molecule has 0 spiro atoms. The summed E-state index contributed by atoms with van der Waals surface area (Å²) < 4.78 is 15.5. The van der Waals surface area contributed by atoms with Crippen molar-refractivity contribution in [2.45, 2.75) is 0 Å². The van der Waals surface area contributed by atoms with Crippen LogP contribution < -0.4 is 0 Å². The second kappa shape index (κ2) is 11.7. The maximum Gasteiger partial charge on any atom is 0.161 e. The van der Waals surface area contributed by atoms with Crippen molar-refractivity contribution >= 4 is 86.3 Å². The van der Waals surface area contributed by atoms with E-state index in [4.69, 9.17) is 18.8 Å². The lowest BCUT2D eigenvalue weighted by molar-refractivity contribution is 0.669. The summed E-state index contributed by atoms with van der Waals surface area (Å²) in [6.07, 6.45) is 0. The molecule has 0 aliphatic carbocycles. The number of furan rings is 2. The van der Waals surface area contributed by atoms with Gasteiger partial charge in [-0.05, 0) is 76.0 Å². The Balaban J connectivity index is 1.13. The fourth-order valence-corrected chi connectivity index (χ4v) is 9.39. The third kappa shape index (κ3) is 4.70. The van der Waals surface area contributed by atoms with Crippen LogP contribution in [0.5, 0.6) is 0 Å². The molecule has 0 atom stereocenters. The zero-order valence-electron chi connectivity index (χ0n) is 29.3. The van der Waals surface area contributed by atoms with Crippen molar-refractivity contribution in [2.75, 3.05) is 0 Å². The Morgan fingerprint density at radius 1 is 0.418 bits per heavy atom. The highest BCUT2D eigenvalue weighted by atomic mass is 32.1. The van der Waals surface area contributed by atoms with Crippen molar-refractivity contribution < 1.29 is 8.83 Å². The molecular formula is C50H28N2O2S. The van der Waals surface area contributed by atoms with E-state index in [2.05, 4.69) is 152 Å². The number of aromatic nitrogens is 2. The SMILES string of the molecule is c1ccc(-c2ccc(-c3ccc(-c4nc(-c5ccc6c(c5)oc5ccccc56)c5sc6ccccc6c5n4)c4c3oc3cc5ccccc5cc34)cc2)cc1. The Bertz CT molecular complexity index is 3480. The summed E-state index contributed by atoms with van der Waals surface area (Å²) in [7, 11) is 0. The van der Waals surface area contributed by atoms with Crippen molar-refractivity contribution in [1.29, 1.82) is 0 Å². The zero-order valence-corrected chi connectivity index (χ0v) is 30.1. The van der Waals surface area contributed by atoms with Crippen LogP contribution in [-0.4, -0.2) is 9.97 Å². The molecule has 4 heterocycles. The predicted molar refractivity (Wildman–Crippen MR) is 229 cm³/mol. The summed E-state index contributed by atoms with van der Waals surface area (Å²) in [4.78, 5) is 10.9. The molecule has 55 heavy (non-hydrogen) atoms. The Morgan fingerprint density at radius 3 is 1.95 bits per heavy atom. The van der Waals surface area contributed by atoms with E-state index >= 15 is 0 Å². The van der Waals surface area contributed by atoms with Gasteiger partial charge in [-0.1, -0.05) is 121 Å². The first-order valence-electron chi connectivity index (χ1n) is 18.4. The number of hydrogen-bond acceptors (Lipinski definition) is 5. The van der Waals surface area contributed by atoms with Crippen LogP contribution in [0.3, 0.4) is 0 Å². The van der Waals surface area contributed by atoms with E-state index in [-0.39, 0.29) is 0 Å². The molecule has 5 heteroatoms. The van der Waals surface area contributed by atoms with Crippen molar-refractivity contribution in [3.8, 4) is 44.9 Å². The molecule has 12 aromatic rings. The third-order valence-corrected chi connectivity index (χ3v) is 12.1. The minimum Gasteiger partial charge on any atom is -0.456 e. The number of thiophene rings is 1. The predicted octanol–water partition coefficient (Wildman–Crippen LogP) is 14.5. The van der Waals surface area contributed by atoms with Crippen molar-refractivity contribution in [3.05, 3.63) is 170 Å². The first kappa shape index (κ1) is 30.4. The summed E-state index contributed by atoms with van der Waals surface area (Å²) in [5.41, 5.74) is 11.6. The number of benzene rings is 8. The molecule has 8 aromatic carbocycles. The summed E-state index contributed by atoms with van der Waals surface area (Å²) in [5, 5.41) is 7.64. The van der Waals surface area contributed by atoms with E-state index < -0.39 is 0 Å². The van der Waals surface area contributed by atoms with Gasteiger partial charge in [-0.2, -0.15) is 0 Å². The Hall–Kier alpha value is -7.08. The lowest BCUT2D eigenvalue weighted by Crippen LogP contribution is -1.95. The van der Waals surface area contributed by atoms with Crippen LogP contribution in [0.4, 0.5) is 0 Å². The molecule has 0 saturated carbocycles. The highest BCUT2D eigenvalue weighted by Crippen LogP contribution is 2.45. The van der Waals surface area contributed by atoms with E-state index in [1.165, 1.54) is 15.8 Å². The smallest absolute Gasteiger partial charge is 0.161 e. The fourth-order valence-electron chi connectivity index (χ4n) is 8.23. The Labute approximate surface area is 318 Å². The van der Waals surface area contributed by atoms with E-state index in [1.54, 1.807) is 11.3 Å². The summed E-state index contributed by atoms with van der Waals surface area (Å²) in [6, 6.07) is 59.5. The molecule has 0 fully saturated rings. The molecule has 256 valence electrons. The van der Waals surface area contributed by atoms with Gasteiger partial charge in [-0.15, -0.1) is 11.3 Å². The van der Waals surface area contributed by atoms with Crippen molar-refractivity contribution in [1.82, 2.24) is 9.97 Å². The van der Waals surface area contributed by atoms with Crippen LogP contribution in [0.2, 0.25) is 0 Å². The molecule has 0 N–H and O–H groups in total. The van der Waals surface area contributed by atoms with Crippen molar-refractivity contribution in [3.63, 3.8) is 0 Å². The van der Waals surface area contributed by atoms with E-state index in [0.717, 1.165) is 98.2 Å². The highest BCUT2D eigenvalue weighted by Gasteiger charge is 2.23. The molecule has 4 aromatic heterocycles. The van der Waals surface area contributed by atoms with Gasteiger partial charge in [0.2, 0.25) is 0 Å². The molecule has 0 amide bonds. The molecule has 0 saturated heterocycles. The van der Waals surface area contributed by atoms with Crippen molar-refractivity contribution in [2.24, 2.45) is 0 Å². The van der Waals surface area contributed by atoms with Gasteiger partial charge >= 0.3 is 0 Å². The van der Waals surface area contributed by atoms with Gasteiger partial charge in [-0.25, -0.2) is 9.97 Å². The quantitative estimate of drug-likeness (QED) is 0.182. The molecule has 12 rings (SSSR count). The minimum atomic E-state index is 0.655. The topological polar surface area (TPSA) is 52.1 Å². The first-order valence-corrected chi connectivity index (χ1v) is 19.2. The van der Waals surface area contributed by atoms with Gasteiger partial charge in [-0.3, -0.25) is 0 Å². The minimum absolute atomic E-state index is 0.655. The van der Waals surface area contributed by atoms with Gasteiger partial charge in [0.1, 0.15) is 22.3 Å². The van der Waals surface area contributed by atoms with E-state index in [9.17, 15) is 0 Å². The van der Waals surface area contributed by atoms with E-state index in [0.29, 0.717) is 5.82 Å². The van der Waals surface area contributed by atoms with Gasteiger partial charge in [0.25, 0.3) is 0 Å². The second-order valence-corrected chi connectivity index (χ2v) is 15.1. The molecule has 4 nitrogen and oxygen atoms in total. The average molecular weight is 721 g/mol. The van der Waals surface area contributed by atoms with Crippen LogP contribution in [-0.2, 0) is 0 Å². The van der Waals surface area contributed by atoms with E-state index in [1.807, 2.05) is 18.2 Å². The monoisotopic (exact) mass is 720 g/mol. The molecular weight excluding hydrogens is 693 g/mol. The van der Waals surface area contributed by atoms with Gasteiger partial charge in [0.15, 0.2) is 5.82 Å². The normalized spacial score (nSPS) is 12.0. The van der Waals surface area contributed by atoms with Crippen LogP contribution in [0.25, 0.3) is 120 Å². The summed E-state index contributed by atoms with van der Waals surface area (Å²) in [6.45, 7) is 0. The van der Waals surface area contributed by atoms with Gasteiger partial charge in [0, 0.05) is 48.3 Å². The Morgan fingerprint density at radius 2 is 1.07 bits per heavy atom. The summed E-state index contributed by atoms with van der Waals surface area (Å²) in [5.74, 6) is 0.655. The second-order valence-electron chi connectivity index (χ2n) is 14.1. The number of para-hydroxylation sites is 1. The van der Waals surface area contributed by atoms with Crippen LogP contribution in [0.15, 0.2) is 179 Å². The number of hydrogen-bond donors (Lipinski definition) is 0. The van der Waals surface area contributed by atoms with Gasteiger partial charge in [0.05, 0.1) is 15.9 Å². The number of rotatable bonds is 4.